The van der Waals surface area contributed by atoms with Crippen LogP contribution in [-0.2, 0) is 11.2 Å². The van der Waals surface area contributed by atoms with E-state index in [1.807, 2.05) is 24.3 Å². The molecule has 0 saturated carbocycles. The maximum atomic E-state index is 10.3. The fourth-order valence-electron chi connectivity index (χ4n) is 1.28. The second kappa shape index (κ2) is 6.07. The number of carboxylic acid groups (broad SMARTS) is 1. The minimum Gasteiger partial charge on any atom is -0.481 e. The zero-order chi connectivity index (χ0) is 11.3. The Morgan fingerprint density at radius 1 is 1.33 bits per heavy atom. The fraction of sp³-hybridized carbons (Fsp3) is 0.364. The van der Waals surface area contributed by atoms with Crippen LogP contribution < -0.4 is 0 Å². The number of carboxylic acids is 1. The van der Waals surface area contributed by atoms with Crippen LogP contribution in [0.15, 0.2) is 24.3 Å². The average Bonchev–Trinajstić information content (AvgIpc) is 2.19. The molecule has 4 heteroatoms. The number of aliphatic carboxylic acids is 1. The summed E-state index contributed by atoms with van der Waals surface area (Å²) in [5, 5.41) is 18.0. The number of halogens is 1. The molecule has 1 unspecified atom stereocenters. The molecule has 0 aliphatic heterocycles. The lowest BCUT2D eigenvalue weighted by molar-refractivity contribution is -0.137. The third kappa shape index (κ3) is 5.13. The number of carbonyl (C=O) groups is 1. The van der Waals surface area contributed by atoms with Crippen LogP contribution in [0.2, 0.25) is 0 Å². The van der Waals surface area contributed by atoms with Crippen molar-refractivity contribution >= 4 is 28.6 Å². The second-order valence-corrected chi connectivity index (χ2v) is 4.66. The van der Waals surface area contributed by atoms with Crippen molar-refractivity contribution < 1.29 is 15.0 Å². The highest BCUT2D eigenvalue weighted by molar-refractivity contribution is 14.1. The van der Waals surface area contributed by atoms with Gasteiger partial charge in [0.15, 0.2) is 0 Å². The van der Waals surface area contributed by atoms with Gasteiger partial charge in [-0.2, -0.15) is 0 Å². The first-order valence-corrected chi connectivity index (χ1v) is 5.80. The number of rotatable bonds is 5. The summed E-state index contributed by atoms with van der Waals surface area (Å²) < 4.78 is 1.15. The molecule has 82 valence electrons. The van der Waals surface area contributed by atoms with Gasteiger partial charge < -0.3 is 10.2 Å². The fourth-order valence-corrected chi connectivity index (χ4v) is 1.64. The lowest BCUT2D eigenvalue weighted by Gasteiger charge is -2.08. The van der Waals surface area contributed by atoms with E-state index >= 15 is 0 Å². The van der Waals surface area contributed by atoms with Crippen molar-refractivity contribution in [2.75, 3.05) is 0 Å². The molecule has 0 bridgehead atoms. The molecule has 1 aromatic rings. The van der Waals surface area contributed by atoms with Crippen molar-refractivity contribution in [1.82, 2.24) is 0 Å². The number of hydrogen-bond donors (Lipinski definition) is 2. The lowest BCUT2D eigenvalue weighted by Crippen LogP contribution is -2.12. The van der Waals surface area contributed by atoms with Crippen LogP contribution in [0.4, 0.5) is 0 Å². The maximum absolute atomic E-state index is 10.3. The van der Waals surface area contributed by atoms with Crippen LogP contribution in [0.5, 0.6) is 0 Å². The minimum atomic E-state index is -0.864. The standard InChI is InChI=1S/C11H13IO3/c12-9-3-1-8(2-4-9)7-10(13)5-6-11(14)15/h1-4,10,13H,5-7H2,(H,14,15). The zero-order valence-corrected chi connectivity index (χ0v) is 10.3. The van der Waals surface area contributed by atoms with E-state index in [9.17, 15) is 9.90 Å². The van der Waals surface area contributed by atoms with E-state index in [4.69, 9.17) is 5.11 Å². The summed E-state index contributed by atoms with van der Waals surface area (Å²) in [6.45, 7) is 0. The van der Waals surface area contributed by atoms with E-state index in [1.165, 1.54) is 0 Å². The predicted octanol–water partition coefficient (Wildman–Crippen LogP) is 2.06. The summed E-state index contributed by atoms with van der Waals surface area (Å²) in [5.41, 5.74) is 1.04. The molecule has 0 spiro atoms. The van der Waals surface area contributed by atoms with Gasteiger partial charge in [-0.15, -0.1) is 0 Å². The first kappa shape index (κ1) is 12.4. The molecule has 1 atom stereocenters. The highest BCUT2D eigenvalue weighted by Gasteiger charge is 2.07. The zero-order valence-electron chi connectivity index (χ0n) is 8.19. The van der Waals surface area contributed by atoms with Crippen molar-refractivity contribution in [1.29, 1.82) is 0 Å². The normalized spacial score (nSPS) is 12.4. The van der Waals surface area contributed by atoms with Crippen molar-refractivity contribution in [3.63, 3.8) is 0 Å². The number of aliphatic hydroxyl groups excluding tert-OH is 1. The van der Waals surface area contributed by atoms with E-state index in [1.54, 1.807) is 0 Å². The summed E-state index contributed by atoms with van der Waals surface area (Å²) in [6.07, 6.45) is 0.276. The van der Waals surface area contributed by atoms with Gasteiger partial charge >= 0.3 is 5.97 Å². The monoisotopic (exact) mass is 320 g/mol. The van der Waals surface area contributed by atoms with Crippen molar-refractivity contribution in [2.45, 2.75) is 25.4 Å². The van der Waals surface area contributed by atoms with E-state index in [-0.39, 0.29) is 6.42 Å². The SMILES string of the molecule is O=C(O)CCC(O)Cc1ccc(I)cc1. The van der Waals surface area contributed by atoms with Crippen LogP contribution >= 0.6 is 22.6 Å². The highest BCUT2D eigenvalue weighted by Crippen LogP contribution is 2.10. The van der Waals surface area contributed by atoms with E-state index in [0.29, 0.717) is 12.8 Å². The Balaban J connectivity index is 2.40. The molecule has 0 fully saturated rings. The van der Waals surface area contributed by atoms with Crippen LogP contribution in [0.3, 0.4) is 0 Å². The Hall–Kier alpha value is -0.620. The molecule has 15 heavy (non-hydrogen) atoms. The Morgan fingerprint density at radius 3 is 2.47 bits per heavy atom. The van der Waals surface area contributed by atoms with Gasteiger partial charge in [-0.1, -0.05) is 12.1 Å². The van der Waals surface area contributed by atoms with Gasteiger partial charge in [0, 0.05) is 9.99 Å². The smallest absolute Gasteiger partial charge is 0.303 e. The van der Waals surface area contributed by atoms with Gasteiger partial charge in [0.1, 0.15) is 0 Å². The molecule has 1 rings (SSSR count). The van der Waals surface area contributed by atoms with Crippen LogP contribution in [0.1, 0.15) is 18.4 Å². The lowest BCUT2D eigenvalue weighted by atomic mass is 10.0. The third-order valence-corrected chi connectivity index (χ3v) is 2.80. The van der Waals surface area contributed by atoms with Crippen LogP contribution in [0, 0.1) is 3.57 Å². The number of aliphatic hydroxyl groups is 1. The molecular formula is C11H13IO3. The average molecular weight is 320 g/mol. The van der Waals surface area contributed by atoms with Gasteiger partial charge in [0.25, 0.3) is 0 Å². The number of hydrogen-bond acceptors (Lipinski definition) is 2. The largest absolute Gasteiger partial charge is 0.481 e. The van der Waals surface area contributed by atoms with Gasteiger partial charge in [-0.25, -0.2) is 0 Å². The summed E-state index contributed by atoms with van der Waals surface area (Å²) in [7, 11) is 0. The van der Waals surface area contributed by atoms with E-state index in [0.717, 1.165) is 9.13 Å². The van der Waals surface area contributed by atoms with E-state index < -0.39 is 12.1 Å². The molecule has 0 heterocycles. The van der Waals surface area contributed by atoms with Crippen LogP contribution in [0.25, 0.3) is 0 Å². The third-order valence-electron chi connectivity index (χ3n) is 2.08. The minimum absolute atomic E-state index is 0.0194. The van der Waals surface area contributed by atoms with Gasteiger partial charge in [-0.05, 0) is 53.1 Å². The Kier molecular flexibility index (Phi) is 5.04. The first-order chi connectivity index (χ1) is 7.08. The summed E-state index contributed by atoms with van der Waals surface area (Å²) in [4.78, 5) is 10.3. The quantitative estimate of drug-likeness (QED) is 0.817. The maximum Gasteiger partial charge on any atom is 0.303 e. The molecule has 0 aromatic heterocycles. The van der Waals surface area contributed by atoms with E-state index in [2.05, 4.69) is 22.6 Å². The van der Waals surface area contributed by atoms with Crippen molar-refractivity contribution in [3.8, 4) is 0 Å². The topological polar surface area (TPSA) is 57.5 Å². The molecule has 0 aliphatic rings. The van der Waals surface area contributed by atoms with Gasteiger partial charge in [0.05, 0.1) is 6.10 Å². The molecule has 1 aromatic carbocycles. The van der Waals surface area contributed by atoms with Gasteiger partial charge in [0.2, 0.25) is 0 Å². The second-order valence-electron chi connectivity index (χ2n) is 3.42. The predicted molar refractivity (Wildman–Crippen MR) is 65.7 cm³/mol. The molecule has 0 saturated heterocycles. The summed E-state index contributed by atoms with van der Waals surface area (Å²) in [6, 6.07) is 7.84. The molecule has 3 nitrogen and oxygen atoms in total. The molecule has 0 amide bonds. The summed E-state index contributed by atoms with van der Waals surface area (Å²) in [5.74, 6) is -0.864. The Morgan fingerprint density at radius 2 is 1.93 bits per heavy atom. The van der Waals surface area contributed by atoms with Crippen LogP contribution in [-0.4, -0.2) is 22.3 Å². The highest BCUT2D eigenvalue weighted by atomic mass is 127. The molecular weight excluding hydrogens is 307 g/mol. The Bertz CT molecular complexity index is 321. The molecule has 2 N–H and O–H groups in total. The Labute approximate surface area is 102 Å². The van der Waals surface area contributed by atoms with Crippen molar-refractivity contribution in [2.24, 2.45) is 0 Å². The molecule has 0 radical (unpaired) electrons. The number of benzene rings is 1. The molecule has 0 aliphatic carbocycles. The van der Waals surface area contributed by atoms with Gasteiger partial charge in [-0.3, -0.25) is 4.79 Å². The van der Waals surface area contributed by atoms with Crippen molar-refractivity contribution in [3.05, 3.63) is 33.4 Å². The first-order valence-electron chi connectivity index (χ1n) is 4.72. The summed E-state index contributed by atoms with van der Waals surface area (Å²) >= 11 is 2.22.